The van der Waals surface area contributed by atoms with E-state index in [9.17, 15) is 13.6 Å². The fourth-order valence-electron chi connectivity index (χ4n) is 3.20. The smallest absolute Gasteiger partial charge is 0.319 e. The van der Waals surface area contributed by atoms with Gasteiger partial charge in [0.25, 0.3) is 0 Å². The van der Waals surface area contributed by atoms with Crippen molar-refractivity contribution in [2.45, 2.75) is 24.4 Å². The van der Waals surface area contributed by atoms with Gasteiger partial charge in [-0.3, -0.25) is 4.57 Å². The summed E-state index contributed by atoms with van der Waals surface area (Å²) in [6, 6.07) is 16.8. The van der Waals surface area contributed by atoms with Gasteiger partial charge in [-0.05, 0) is 60.5 Å². The van der Waals surface area contributed by atoms with Gasteiger partial charge < -0.3 is 10.6 Å². The van der Waals surface area contributed by atoms with Crippen molar-refractivity contribution in [1.82, 2.24) is 20.1 Å². The van der Waals surface area contributed by atoms with E-state index in [1.807, 2.05) is 17.6 Å². The molecule has 0 radical (unpaired) electrons. The normalized spacial score (nSPS) is 10.8. The van der Waals surface area contributed by atoms with Gasteiger partial charge in [0.2, 0.25) is 0 Å². The highest BCUT2D eigenvalue weighted by atomic mass is 35.5. The van der Waals surface area contributed by atoms with Crippen molar-refractivity contribution < 1.29 is 13.6 Å². The number of hydrogen-bond donors (Lipinski definition) is 2. The van der Waals surface area contributed by atoms with Gasteiger partial charge in [-0.15, -0.1) is 10.2 Å². The lowest BCUT2D eigenvalue weighted by Crippen LogP contribution is -2.29. The van der Waals surface area contributed by atoms with Crippen molar-refractivity contribution in [3.63, 3.8) is 0 Å². The van der Waals surface area contributed by atoms with Crippen LogP contribution >= 0.6 is 23.4 Å². The lowest BCUT2D eigenvalue weighted by Gasteiger charge is -2.14. The minimum absolute atomic E-state index is 0.0667. The lowest BCUT2D eigenvalue weighted by molar-refractivity contribution is 0.251. The van der Waals surface area contributed by atoms with Crippen LogP contribution in [0.25, 0.3) is 5.69 Å². The highest BCUT2D eigenvalue weighted by molar-refractivity contribution is 7.98. The second kappa shape index (κ2) is 10.7. The molecule has 0 aliphatic heterocycles. The van der Waals surface area contributed by atoms with Gasteiger partial charge in [-0.2, -0.15) is 0 Å². The standard InChI is InChI=1S/C24H20ClF2N5OS/c1-15-5-8-17(25)11-21(15)32-22(13-28-23(33)29-20-4-2-3-19(27)12-20)30-31-24(32)34-14-16-6-9-18(26)10-7-16/h2-12H,13-14H2,1H3,(H2,28,29,33). The third-order valence-corrected chi connectivity index (χ3v) is 6.12. The molecule has 0 aliphatic rings. The number of anilines is 1. The summed E-state index contributed by atoms with van der Waals surface area (Å²) in [5, 5.41) is 15.0. The van der Waals surface area contributed by atoms with Crippen molar-refractivity contribution >= 4 is 35.1 Å². The van der Waals surface area contributed by atoms with E-state index in [0.29, 0.717) is 27.4 Å². The molecular weight excluding hydrogens is 480 g/mol. The average molecular weight is 500 g/mol. The van der Waals surface area contributed by atoms with Crippen molar-refractivity contribution in [3.8, 4) is 5.69 Å². The molecule has 10 heteroatoms. The van der Waals surface area contributed by atoms with Crippen LogP contribution < -0.4 is 10.6 Å². The third kappa shape index (κ3) is 5.92. The number of aryl methyl sites for hydroxylation is 1. The van der Waals surface area contributed by atoms with Gasteiger partial charge in [-0.25, -0.2) is 13.6 Å². The van der Waals surface area contributed by atoms with Gasteiger partial charge in [0.1, 0.15) is 11.6 Å². The summed E-state index contributed by atoms with van der Waals surface area (Å²) in [6.45, 7) is 2.01. The molecule has 2 amide bonds. The average Bonchev–Trinajstić information content (AvgIpc) is 3.21. The number of aromatic nitrogens is 3. The molecule has 174 valence electrons. The second-order valence-electron chi connectivity index (χ2n) is 7.40. The Morgan fingerprint density at radius 2 is 1.82 bits per heavy atom. The number of hydrogen-bond acceptors (Lipinski definition) is 4. The van der Waals surface area contributed by atoms with Gasteiger partial charge in [0.15, 0.2) is 11.0 Å². The molecular formula is C24H20ClF2N5OS. The zero-order valence-corrected chi connectivity index (χ0v) is 19.6. The van der Waals surface area contributed by atoms with Crippen molar-refractivity contribution in [2.24, 2.45) is 0 Å². The molecule has 1 heterocycles. The van der Waals surface area contributed by atoms with Gasteiger partial charge in [0, 0.05) is 16.5 Å². The molecule has 3 aromatic carbocycles. The second-order valence-corrected chi connectivity index (χ2v) is 8.78. The topological polar surface area (TPSA) is 71.8 Å². The number of carbonyl (C=O) groups is 1. The first kappa shape index (κ1) is 23.7. The summed E-state index contributed by atoms with van der Waals surface area (Å²) in [7, 11) is 0. The highest BCUT2D eigenvalue weighted by Gasteiger charge is 2.17. The molecule has 0 spiro atoms. The largest absolute Gasteiger partial charge is 0.331 e. The third-order valence-electron chi connectivity index (χ3n) is 4.88. The molecule has 0 saturated heterocycles. The molecule has 0 aliphatic carbocycles. The van der Waals surface area contributed by atoms with Crippen molar-refractivity contribution in [3.05, 3.63) is 100 Å². The van der Waals surface area contributed by atoms with Crippen molar-refractivity contribution in [2.75, 3.05) is 5.32 Å². The predicted octanol–water partition coefficient (Wildman–Crippen LogP) is 6.12. The molecule has 1 aromatic heterocycles. The minimum Gasteiger partial charge on any atom is -0.331 e. The number of rotatable bonds is 7. The first-order chi connectivity index (χ1) is 16.4. The van der Waals surface area contributed by atoms with Gasteiger partial charge in [-0.1, -0.05) is 47.6 Å². The molecule has 0 bridgehead atoms. The first-order valence-electron chi connectivity index (χ1n) is 10.3. The lowest BCUT2D eigenvalue weighted by atomic mass is 10.2. The molecule has 2 N–H and O–H groups in total. The molecule has 0 saturated carbocycles. The number of urea groups is 1. The molecule has 0 unspecified atom stereocenters. The Balaban J connectivity index is 1.55. The maximum Gasteiger partial charge on any atom is 0.319 e. The zero-order valence-electron chi connectivity index (χ0n) is 18.1. The van der Waals surface area contributed by atoms with Crippen LogP contribution in [0.5, 0.6) is 0 Å². The summed E-state index contributed by atoms with van der Waals surface area (Å²) in [6.07, 6.45) is 0. The number of nitrogens with one attached hydrogen (secondary N) is 2. The van der Waals surface area contributed by atoms with Crippen LogP contribution in [0.15, 0.2) is 71.9 Å². The summed E-state index contributed by atoms with van der Waals surface area (Å²) in [5.41, 5.74) is 2.98. The molecule has 0 fully saturated rings. The van der Waals surface area contributed by atoms with Crippen LogP contribution in [0.1, 0.15) is 17.0 Å². The fraction of sp³-hybridized carbons (Fsp3) is 0.125. The van der Waals surface area contributed by atoms with Gasteiger partial charge in [0.05, 0.1) is 12.2 Å². The Kier molecular flexibility index (Phi) is 7.44. The Hall–Kier alpha value is -3.43. The maximum absolute atomic E-state index is 13.4. The maximum atomic E-state index is 13.4. The van der Waals surface area contributed by atoms with Crippen LogP contribution in [-0.4, -0.2) is 20.8 Å². The Morgan fingerprint density at radius 1 is 1.03 bits per heavy atom. The molecule has 4 rings (SSSR count). The summed E-state index contributed by atoms with van der Waals surface area (Å²) >= 11 is 7.68. The van der Waals surface area contributed by atoms with E-state index in [1.165, 1.54) is 42.1 Å². The summed E-state index contributed by atoms with van der Waals surface area (Å²) in [5.74, 6) is 0.292. The fourth-order valence-corrected chi connectivity index (χ4v) is 4.29. The quantitative estimate of drug-likeness (QED) is 0.300. The van der Waals surface area contributed by atoms with E-state index in [1.54, 1.807) is 30.3 Å². The van der Waals surface area contributed by atoms with E-state index in [0.717, 1.165) is 16.8 Å². The highest BCUT2D eigenvalue weighted by Crippen LogP contribution is 2.28. The Labute approximate surface area is 204 Å². The Bertz CT molecular complexity index is 1310. The van der Waals surface area contributed by atoms with Crippen LogP contribution in [0.3, 0.4) is 0 Å². The van der Waals surface area contributed by atoms with E-state index >= 15 is 0 Å². The number of carbonyl (C=O) groups excluding carboxylic acids is 1. The number of halogens is 3. The van der Waals surface area contributed by atoms with E-state index in [2.05, 4.69) is 20.8 Å². The van der Waals surface area contributed by atoms with Gasteiger partial charge >= 0.3 is 6.03 Å². The van der Waals surface area contributed by atoms with Crippen LogP contribution in [-0.2, 0) is 12.3 Å². The SMILES string of the molecule is Cc1ccc(Cl)cc1-n1c(CNC(=O)Nc2cccc(F)c2)nnc1SCc1ccc(F)cc1. The summed E-state index contributed by atoms with van der Waals surface area (Å²) in [4.78, 5) is 12.4. The molecule has 4 aromatic rings. The van der Waals surface area contributed by atoms with E-state index < -0.39 is 11.8 Å². The monoisotopic (exact) mass is 499 g/mol. The summed E-state index contributed by atoms with van der Waals surface area (Å²) < 4.78 is 28.4. The minimum atomic E-state index is -0.511. The molecule has 6 nitrogen and oxygen atoms in total. The predicted molar refractivity (Wildman–Crippen MR) is 129 cm³/mol. The number of thioether (sulfide) groups is 1. The molecule has 0 atom stereocenters. The zero-order chi connectivity index (χ0) is 24.1. The number of amides is 2. The van der Waals surface area contributed by atoms with Crippen molar-refractivity contribution in [1.29, 1.82) is 0 Å². The van der Waals surface area contributed by atoms with Crippen LogP contribution in [0.2, 0.25) is 5.02 Å². The van der Waals surface area contributed by atoms with E-state index in [-0.39, 0.29) is 12.4 Å². The Morgan fingerprint density at radius 3 is 2.59 bits per heavy atom. The van der Waals surface area contributed by atoms with Crippen LogP contribution in [0, 0.1) is 18.6 Å². The number of nitrogens with zero attached hydrogens (tertiary/aromatic N) is 3. The van der Waals surface area contributed by atoms with E-state index in [4.69, 9.17) is 11.6 Å². The first-order valence-corrected chi connectivity index (χ1v) is 11.6. The van der Waals surface area contributed by atoms with Crippen LogP contribution in [0.4, 0.5) is 19.3 Å². The number of benzene rings is 3. The molecule has 34 heavy (non-hydrogen) atoms.